The SMILES string of the molecule is CCO/C(O[Si](C)(C)C)=C(\C)Br. The van der Waals surface area contributed by atoms with Crippen molar-refractivity contribution in [3.8, 4) is 0 Å². The van der Waals surface area contributed by atoms with E-state index in [1.165, 1.54) is 0 Å². The Morgan fingerprint density at radius 1 is 1.33 bits per heavy atom. The fraction of sp³-hybridized carbons (Fsp3) is 0.750. The monoisotopic (exact) mass is 252 g/mol. The summed E-state index contributed by atoms with van der Waals surface area (Å²) in [7, 11) is -1.53. The Morgan fingerprint density at radius 2 is 1.83 bits per heavy atom. The molecular formula is C8H17BrO2Si. The summed E-state index contributed by atoms with van der Waals surface area (Å²) in [5.41, 5.74) is 0. The van der Waals surface area contributed by atoms with E-state index in [1.807, 2.05) is 13.8 Å². The summed E-state index contributed by atoms with van der Waals surface area (Å²) in [5, 5.41) is 0. The van der Waals surface area contributed by atoms with Crippen LogP contribution in [0.15, 0.2) is 10.4 Å². The first-order chi connectivity index (χ1) is 5.37. The lowest BCUT2D eigenvalue weighted by Crippen LogP contribution is -2.26. The second-order valence-electron chi connectivity index (χ2n) is 3.47. The third kappa shape index (κ3) is 5.66. The zero-order valence-corrected chi connectivity index (χ0v) is 11.0. The van der Waals surface area contributed by atoms with Crippen molar-refractivity contribution in [2.24, 2.45) is 0 Å². The normalized spacial score (nSPS) is 13.8. The predicted molar refractivity (Wildman–Crippen MR) is 57.7 cm³/mol. The van der Waals surface area contributed by atoms with Crippen LogP contribution in [-0.2, 0) is 9.16 Å². The van der Waals surface area contributed by atoms with E-state index in [-0.39, 0.29) is 0 Å². The van der Waals surface area contributed by atoms with Gasteiger partial charge >= 0.3 is 0 Å². The second kappa shape index (κ2) is 4.92. The second-order valence-corrected chi connectivity index (χ2v) is 9.09. The number of halogens is 1. The van der Waals surface area contributed by atoms with Crippen LogP contribution in [0.5, 0.6) is 0 Å². The zero-order chi connectivity index (χ0) is 9.78. The molecule has 0 saturated carbocycles. The summed E-state index contributed by atoms with van der Waals surface area (Å²) < 4.78 is 11.9. The predicted octanol–water partition coefficient (Wildman–Crippen LogP) is 3.46. The van der Waals surface area contributed by atoms with Crippen molar-refractivity contribution >= 4 is 24.2 Å². The van der Waals surface area contributed by atoms with Crippen LogP contribution >= 0.6 is 15.9 Å². The van der Waals surface area contributed by atoms with Gasteiger partial charge in [0.1, 0.15) is 0 Å². The molecule has 0 aromatic rings. The summed E-state index contributed by atoms with van der Waals surface area (Å²) in [5.74, 6) is 0.636. The van der Waals surface area contributed by atoms with Crippen LogP contribution in [0.1, 0.15) is 13.8 Å². The Hall–Kier alpha value is 0.0369. The number of hydrogen-bond donors (Lipinski definition) is 0. The maximum atomic E-state index is 5.69. The van der Waals surface area contributed by atoms with Crippen LogP contribution in [0.3, 0.4) is 0 Å². The first-order valence-electron chi connectivity index (χ1n) is 4.05. The Balaban J connectivity index is 4.26. The quantitative estimate of drug-likeness (QED) is 0.564. The highest BCUT2D eigenvalue weighted by molar-refractivity contribution is 9.11. The van der Waals surface area contributed by atoms with Gasteiger partial charge in [-0.25, -0.2) is 0 Å². The molecule has 0 bridgehead atoms. The molecule has 0 atom stereocenters. The molecule has 0 radical (unpaired) electrons. The van der Waals surface area contributed by atoms with Gasteiger partial charge in [-0.3, -0.25) is 0 Å². The molecule has 4 heteroatoms. The minimum Gasteiger partial charge on any atom is -0.519 e. The van der Waals surface area contributed by atoms with Crippen molar-refractivity contribution in [3.63, 3.8) is 0 Å². The largest absolute Gasteiger partial charge is 0.519 e. The molecule has 0 aromatic heterocycles. The molecule has 12 heavy (non-hydrogen) atoms. The number of rotatable bonds is 4. The van der Waals surface area contributed by atoms with Crippen LogP contribution in [0.2, 0.25) is 19.6 Å². The van der Waals surface area contributed by atoms with Gasteiger partial charge in [0.15, 0.2) is 0 Å². The molecule has 72 valence electrons. The van der Waals surface area contributed by atoms with Gasteiger partial charge in [-0.2, -0.15) is 0 Å². The molecule has 0 aromatic carbocycles. The molecule has 0 heterocycles. The van der Waals surface area contributed by atoms with Crippen molar-refractivity contribution in [1.82, 2.24) is 0 Å². The Bertz CT molecular complexity index is 168. The smallest absolute Gasteiger partial charge is 0.275 e. The number of hydrogen-bond acceptors (Lipinski definition) is 2. The fourth-order valence-corrected chi connectivity index (χ4v) is 1.72. The number of allylic oxidation sites excluding steroid dienone is 1. The van der Waals surface area contributed by atoms with Crippen LogP contribution in [0.25, 0.3) is 0 Å². The van der Waals surface area contributed by atoms with Gasteiger partial charge in [0.2, 0.25) is 8.32 Å². The average molecular weight is 253 g/mol. The Morgan fingerprint density at radius 3 is 2.08 bits per heavy atom. The highest BCUT2D eigenvalue weighted by atomic mass is 79.9. The molecule has 0 aliphatic heterocycles. The summed E-state index contributed by atoms with van der Waals surface area (Å²) in [4.78, 5) is 0. The van der Waals surface area contributed by atoms with Crippen molar-refractivity contribution < 1.29 is 9.16 Å². The topological polar surface area (TPSA) is 18.5 Å². The van der Waals surface area contributed by atoms with Crippen LogP contribution in [0, 0.1) is 0 Å². The number of ether oxygens (including phenoxy) is 1. The lowest BCUT2D eigenvalue weighted by atomic mass is 10.7. The lowest BCUT2D eigenvalue weighted by molar-refractivity contribution is 0.111. The van der Waals surface area contributed by atoms with E-state index < -0.39 is 8.32 Å². The third-order valence-corrected chi connectivity index (χ3v) is 2.08. The van der Waals surface area contributed by atoms with E-state index in [9.17, 15) is 0 Å². The van der Waals surface area contributed by atoms with E-state index in [2.05, 4.69) is 35.6 Å². The zero-order valence-electron chi connectivity index (χ0n) is 8.40. The third-order valence-electron chi connectivity index (χ3n) is 0.956. The summed E-state index contributed by atoms with van der Waals surface area (Å²) >= 11 is 3.35. The molecular weight excluding hydrogens is 236 g/mol. The molecule has 0 spiro atoms. The van der Waals surface area contributed by atoms with E-state index in [4.69, 9.17) is 9.16 Å². The van der Waals surface area contributed by atoms with Gasteiger partial charge in [-0.15, -0.1) is 0 Å². The molecule has 0 rings (SSSR count). The summed E-state index contributed by atoms with van der Waals surface area (Å²) in [6.07, 6.45) is 0. The average Bonchev–Trinajstić information content (AvgIpc) is 1.83. The van der Waals surface area contributed by atoms with Crippen LogP contribution in [-0.4, -0.2) is 14.9 Å². The summed E-state index contributed by atoms with van der Waals surface area (Å²) in [6.45, 7) is 10.9. The lowest BCUT2D eigenvalue weighted by Gasteiger charge is -2.21. The first kappa shape index (κ1) is 12.0. The fourth-order valence-electron chi connectivity index (χ4n) is 0.608. The van der Waals surface area contributed by atoms with Gasteiger partial charge in [0, 0.05) is 0 Å². The minimum absolute atomic E-state index is 0.636. The van der Waals surface area contributed by atoms with Gasteiger partial charge in [0.25, 0.3) is 5.95 Å². The Labute approximate surface area is 84.2 Å². The standard InChI is InChI=1S/C8H17BrO2Si/c1-6-10-8(7(2)9)11-12(3,4)5/h6H2,1-5H3/b8-7-. The van der Waals surface area contributed by atoms with Crippen molar-refractivity contribution in [2.75, 3.05) is 6.61 Å². The molecule has 2 nitrogen and oxygen atoms in total. The summed E-state index contributed by atoms with van der Waals surface area (Å²) in [6, 6.07) is 0. The van der Waals surface area contributed by atoms with E-state index in [0.29, 0.717) is 12.6 Å². The van der Waals surface area contributed by atoms with E-state index in [0.717, 1.165) is 4.48 Å². The van der Waals surface area contributed by atoms with E-state index in [1.54, 1.807) is 0 Å². The highest BCUT2D eigenvalue weighted by Crippen LogP contribution is 2.18. The van der Waals surface area contributed by atoms with E-state index >= 15 is 0 Å². The maximum absolute atomic E-state index is 5.69. The van der Waals surface area contributed by atoms with Gasteiger partial charge in [0.05, 0.1) is 11.1 Å². The van der Waals surface area contributed by atoms with Crippen LogP contribution in [0.4, 0.5) is 0 Å². The van der Waals surface area contributed by atoms with Crippen molar-refractivity contribution in [2.45, 2.75) is 33.5 Å². The minimum atomic E-state index is -1.53. The molecule has 0 saturated heterocycles. The first-order valence-corrected chi connectivity index (χ1v) is 8.25. The van der Waals surface area contributed by atoms with Crippen molar-refractivity contribution in [1.29, 1.82) is 0 Å². The van der Waals surface area contributed by atoms with Crippen molar-refractivity contribution in [3.05, 3.63) is 10.4 Å². The molecule has 0 fully saturated rings. The molecule has 0 aliphatic rings. The molecule has 0 unspecified atom stereocenters. The van der Waals surface area contributed by atoms with Gasteiger partial charge < -0.3 is 9.16 Å². The maximum Gasteiger partial charge on any atom is 0.275 e. The molecule has 0 N–H and O–H groups in total. The van der Waals surface area contributed by atoms with Gasteiger partial charge in [-0.05, 0) is 49.4 Å². The Kier molecular flexibility index (Phi) is 4.93. The highest BCUT2D eigenvalue weighted by Gasteiger charge is 2.19. The molecule has 0 aliphatic carbocycles. The molecule has 0 amide bonds. The van der Waals surface area contributed by atoms with Gasteiger partial charge in [-0.1, -0.05) is 0 Å². The van der Waals surface area contributed by atoms with Crippen LogP contribution < -0.4 is 0 Å².